The van der Waals surface area contributed by atoms with Gasteiger partial charge in [0.15, 0.2) is 5.54 Å². The highest BCUT2D eigenvalue weighted by molar-refractivity contribution is 6.07. The van der Waals surface area contributed by atoms with Crippen molar-refractivity contribution in [3.05, 3.63) is 64.7 Å². The van der Waals surface area contributed by atoms with E-state index in [2.05, 4.69) is 28.9 Å². The van der Waals surface area contributed by atoms with Gasteiger partial charge in [-0.15, -0.1) is 0 Å². The largest absolute Gasteiger partial charge is 0.303 e. The van der Waals surface area contributed by atoms with Crippen LogP contribution in [0, 0.1) is 19.7 Å². The van der Waals surface area contributed by atoms with Gasteiger partial charge in [-0.3, -0.25) is 19.7 Å². The summed E-state index contributed by atoms with van der Waals surface area (Å²) in [6.07, 6.45) is 3.78. The molecule has 0 spiro atoms. The molecule has 33 heavy (non-hydrogen) atoms. The van der Waals surface area contributed by atoms with Crippen molar-refractivity contribution >= 4 is 11.7 Å². The van der Waals surface area contributed by atoms with Gasteiger partial charge in [0, 0.05) is 17.9 Å². The van der Waals surface area contributed by atoms with Crippen LogP contribution >= 0.6 is 0 Å². The Kier molecular flexibility index (Phi) is 6.94. The molecule has 5 nitrogen and oxygen atoms in total. The van der Waals surface area contributed by atoms with E-state index in [4.69, 9.17) is 4.99 Å². The van der Waals surface area contributed by atoms with Crippen molar-refractivity contribution in [2.24, 2.45) is 4.99 Å². The maximum absolute atomic E-state index is 13.4. The summed E-state index contributed by atoms with van der Waals surface area (Å²) in [5.41, 5.74) is 3.48. The Morgan fingerprint density at radius 2 is 1.73 bits per heavy atom. The molecule has 6 heteroatoms. The van der Waals surface area contributed by atoms with Crippen molar-refractivity contribution < 1.29 is 9.18 Å². The van der Waals surface area contributed by atoms with Crippen molar-refractivity contribution in [1.29, 1.82) is 0 Å². The Hall–Kier alpha value is -2.60. The third-order valence-corrected chi connectivity index (χ3v) is 7.33. The maximum atomic E-state index is 13.4. The topological polar surface area (TPSA) is 48.8 Å². The zero-order chi connectivity index (χ0) is 23.6. The van der Waals surface area contributed by atoms with E-state index in [1.807, 2.05) is 25.7 Å². The van der Waals surface area contributed by atoms with Gasteiger partial charge in [0.1, 0.15) is 11.7 Å². The molecule has 1 amide bonds. The first-order chi connectivity index (χ1) is 15.8. The number of aryl methyl sites for hydroxylation is 2. The van der Waals surface area contributed by atoms with Gasteiger partial charge >= 0.3 is 0 Å². The molecule has 1 saturated heterocycles. The van der Waals surface area contributed by atoms with Crippen LogP contribution in [0.1, 0.15) is 68.0 Å². The van der Waals surface area contributed by atoms with Gasteiger partial charge in [0.2, 0.25) is 0 Å². The van der Waals surface area contributed by atoms with E-state index >= 15 is 0 Å². The minimum Gasteiger partial charge on any atom is -0.303 e. The molecule has 1 atom stereocenters. The molecular weight excluding hydrogens is 415 g/mol. The first kappa shape index (κ1) is 23.6. The number of aromatic nitrogens is 1. The smallest absolute Gasteiger partial charge is 0.260 e. The monoisotopic (exact) mass is 450 g/mol. The van der Waals surface area contributed by atoms with Gasteiger partial charge < -0.3 is 4.90 Å². The molecule has 1 fully saturated rings. The van der Waals surface area contributed by atoms with Gasteiger partial charge in [-0.25, -0.2) is 4.39 Å². The van der Waals surface area contributed by atoms with E-state index in [1.165, 1.54) is 17.7 Å². The highest BCUT2D eigenvalue weighted by Crippen LogP contribution is 2.37. The van der Waals surface area contributed by atoms with Crippen molar-refractivity contribution in [2.75, 3.05) is 26.2 Å². The van der Waals surface area contributed by atoms with Crippen LogP contribution in [0.2, 0.25) is 0 Å². The lowest BCUT2D eigenvalue weighted by molar-refractivity contribution is -0.131. The summed E-state index contributed by atoms with van der Waals surface area (Å²) >= 11 is 0. The van der Waals surface area contributed by atoms with E-state index in [1.54, 1.807) is 12.1 Å². The number of amidine groups is 1. The Balaban J connectivity index is 1.31. The Bertz CT molecular complexity index is 1030. The second-order valence-corrected chi connectivity index (χ2v) is 9.43. The molecule has 0 saturated carbocycles. The number of hydrogen-bond donors (Lipinski definition) is 0. The molecule has 0 bridgehead atoms. The predicted octanol–water partition coefficient (Wildman–Crippen LogP) is 4.97. The molecule has 2 aliphatic heterocycles. The van der Waals surface area contributed by atoms with E-state index < -0.39 is 5.54 Å². The van der Waals surface area contributed by atoms with Gasteiger partial charge in [-0.2, -0.15) is 0 Å². The number of rotatable bonds is 7. The summed E-state index contributed by atoms with van der Waals surface area (Å²) < 4.78 is 13.4. The molecule has 1 aromatic heterocycles. The number of amides is 1. The average molecular weight is 451 g/mol. The minimum absolute atomic E-state index is 0.00941. The lowest BCUT2D eigenvalue weighted by Gasteiger charge is -2.33. The van der Waals surface area contributed by atoms with Crippen LogP contribution in [-0.2, 0) is 10.3 Å². The van der Waals surface area contributed by atoms with Crippen LogP contribution in [0.25, 0.3) is 0 Å². The fourth-order valence-electron chi connectivity index (χ4n) is 5.41. The molecule has 4 rings (SSSR count). The Morgan fingerprint density at radius 1 is 1.03 bits per heavy atom. The van der Waals surface area contributed by atoms with Crippen LogP contribution in [0.4, 0.5) is 4.39 Å². The van der Waals surface area contributed by atoms with Gasteiger partial charge in [-0.1, -0.05) is 25.1 Å². The van der Waals surface area contributed by atoms with Crippen LogP contribution < -0.4 is 0 Å². The number of aliphatic imine (C=N–C) groups is 1. The van der Waals surface area contributed by atoms with E-state index in [9.17, 15) is 9.18 Å². The molecule has 0 aliphatic carbocycles. The maximum Gasteiger partial charge on any atom is 0.260 e. The second kappa shape index (κ2) is 9.72. The summed E-state index contributed by atoms with van der Waals surface area (Å²) in [6, 6.07) is 10.6. The van der Waals surface area contributed by atoms with Crippen molar-refractivity contribution in [1.82, 2.24) is 14.8 Å². The fourth-order valence-corrected chi connectivity index (χ4v) is 5.41. The minimum atomic E-state index is -0.921. The second-order valence-electron chi connectivity index (χ2n) is 9.43. The molecule has 0 N–H and O–H groups in total. The quantitative estimate of drug-likeness (QED) is 0.598. The number of likely N-dealkylation sites (tertiary alicyclic amines) is 1. The highest BCUT2D eigenvalue weighted by atomic mass is 19.1. The first-order valence-electron chi connectivity index (χ1n) is 12.1. The number of piperidine rings is 1. The van der Waals surface area contributed by atoms with Gasteiger partial charge in [0.05, 0.1) is 0 Å². The van der Waals surface area contributed by atoms with Gasteiger partial charge in [-0.05, 0) is 101 Å². The molecule has 0 unspecified atom stereocenters. The Morgan fingerprint density at radius 3 is 2.36 bits per heavy atom. The highest BCUT2D eigenvalue weighted by Gasteiger charge is 2.46. The number of pyridine rings is 1. The summed E-state index contributed by atoms with van der Waals surface area (Å²) in [6.45, 7) is 11.8. The van der Waals surface area contributed by atoms with Crippen molar-refractivity contribution in [3.8, 4) is 0 Å². The molecule has 0 radical (unpaired) electrons. The zero-order valence-corrected chi connectivity index (χ0v) is 20.3. The number of benzene rings is 1. The van der Waals surface area contributed by atoms with E-state index in [0.717, 1.165) is 61.7 Å². The first-order valence-corrected chi connectivity index (χ1v) is 12.1. The summed E-state index contributed by atoms with van der Waals surface area (Å²) in [5, 5.41) is 0. The molecule has 3 heterocycles. The van der Waals surface area contributed by atoms with Crippen molar-refractivity contribution in [2.45, 2.75) is 64.8 Å². The number of hydrogen-bond acceptors (Lipinski definition) is 4. The molecule has 2 aliphatic rings. The SMILES string of the molecule is CC[C@]1(c2ccc(F)cc2)N=C(C)N(CCCN2CCC(c3ccc(C)nc3C)CC2)C1=O. The van der Waals surface area contributed by atoms with Crippen LogP contribution in [0.3, 0.4) is 0 Å². The third kappa shape index (κ3) is 4.72. The fraction of sp³-hybridized carbons (Fsp3) is 0.519. The number of carbonyl (C=O) groups is 1. The molecule has 2 aromatic rings. The number of nitrogens with zero attached hydrogens (tertiary/aromatic N) is 4. The summed E-state index contributed by atoms with van der Waals surface area (Å²) in [4.78, 5) is 27.1. The van der Waals surface area contributed by atoms with Crippen molar-refractivity contribution in [3.63, 3.8) is 0 Å². The predicted molar refractivity (Wildman–Crippen MR) is 130 cm³/mol. The number of halogens is 1. The third-order valence-electron chi connectivity index (χ3n) is 7.33. The lowest BCUT2D eigenvalue weighted by Crippen LogP contribution is -2.42. The molecular formula is C27H35FN4O. The van der Waals surface area contributed by atoms with Crippen LogP contribution in [0.5, 0.6) is 0 Å². The van der Waals surface area contributed by atoms with Gasteiger partial charge in [0.25, 0.3) is 5.91 Å². The lowest BCUT2D eigenvalue weighted by atomic mass is 9.87. The summed E-state index contributed by atoms with van der Waals surface area (Å²) in [7, 11) is 0. The van der Waals surface area contributed by atoms with E-state index in [-0.39, 0.29) is 11.7 Å². The average Bonchev–Trinajstić information content (AvgIpc) is 3.05. The number of carbonyl (C=O) groups excluding carboxylic acids is 1. The van der Waals surface area contributed by atoms with E-state index in [0.29, 0.717) is 18.9 Å². The van der Waals surface area contributed by atoms with Crippen LogP contribution in [-0.4, -0.2) is 52.7 Å². The summed E-state index contributed by atoms with van der Waals surface area (Å²) in [5.74, 6) is 1.05. The zero-order valence-electron chi connectivity index (χ0n) is 20.3. The van der Waals surface area contributed by atoms with Crippen LogP contribution in [0.15, 0.2) is 41.4 Å². The molecule has 1 aromatic carbocycles. The molecule has 176 valence electrons. The Labute approximate surface area is 196 Å². The normalized spacial score (nSPS) is 22.2. The standard InChI is InChI=1S/C27H35FN4O/c1-5-27(23-8-10-24(28)11-9-23)26(33)32(21(4)30-27)16-6-15-31-17-13-22(14-18-31)25-12-7-19(2)29-20(25)3/h7-12,22H,5-6,13-18H2,1-4H3/t27-/m1/s1.